The van der Waals surface area contributed by atoms with Gasteiger partial charge in [-0.05, 0) is 24.5 Å². The largest absolute Gasteiger partial charge is 0.223 e. The number of hydrogen-bond donors (Lipinski definition) is 0. The Morgan fingerprint density at radius 1 is 1.23 bits per heavy atom. The molecule has 0 aliphatic heterocycles. The Hall–Kier alpha value is -0.830. The Bertz CT molecular complexity index is 394. The number of benzene rings is 1. The van der Waals surface area contributed by atoms with E-state index in [-0.39, 0.29) is 5.25 Å². The number of hydrogen-bond acceptors (Lipinski definition) is 2. The molecule has 0 amide bonds. The highest BCUT2D eigenvalue weighted by Gasteiger charge is 2.44. The molecule has 70 valence electrons. The molecule has 1 aliphatic rings. The van der Waals surface area contributed by atoms with Gasteiger partial charge in [-0.25, -0.2) is 8.42 Å². The maximum Gasteiger partial charge on any atom is 0.181 e. The molecule has 0 N–H and O–H groups in total. The van der Waals surface area contributed by atoms with Crippen molar-refractivity contribution in [3.05, 3.63) is 30.3 Å². The van der Waals surface area contributed by atoms with Crippen molar-refractivity contribution in [3.63, 3.8) is 0 Å². The van der Waals surface area contributed by atoms with E-state index in [1.54, 1.807) is 24.3 Å². The van der Waals surface area contributed by atoms with E-state index < -0.39 is 9.84 Å². The first-order valence-electron chi connectivity index (χ1n) is 4.41. The van der Waals surface area contributed by atoms with Crippen molar-refractivity contribution >= 4 is 9.84 Å². The summed E-state index contributed by atoms with van der Waals surface area (Å²) in [5.74, 6) is 0.338. The van der Waals surface area contributed by atoms with Gasteiger partial charge in [-0.3, -0.25) is 0 Å². The van der Waals surface area contributed by atoms with E-state index in [0.717, 1.165) is 6.42 Å². The summed E-state index contributed by atoms with van der Waals surface area (Å²) in [6.07, 6.45) is 0.817. The van der Waals surface area contributed by atoms with E-state index in [4.69, 9.17) is 0 Å². The summed E-state index contributed by atoms with van der Waals surface area (Å²) in [7, 11) is -3.01. The van der Waals surface area contributed by atoms with Gasteiger partial charge in [0.05, 0.1) is 10.1 Å². The quantitative estimate of drug-likeness (QED) is 0.723. The van der Waals surface area contributed by atoms with Crippen molar-refractivity contribution < 1.29 is 8.42 Å². The molecule has 0 unspecified atom stereocenters. The van der Waals surface area contributed by atoms with Crippen molar-refractivity contribution in [3.8, 4) is 0 Å². The molecule has 13 heavy (non-hydrogen) atoms. The fourth-order valence-corrected chi connectivity index (χ4v) is 3.56. The lowest BCUT2D eigenvalue weighted by molar-refractivity contribution is 0.593. The van der Waals surface area contributed by atoms with Crippen LogP contribution in [0.15, 0.2) is 35.2 Å². The van der Waals surface area contributed by atoms with E-state index in [1.165, 1.54) is 0 Å². The molecular formula is C10H12O2S. The fourth-order valence-electron chi connectivity index (χ4n) is 1.51. The zero-order valence-electron chi connectivity index (χ0n) is 7.47. The topological polar surface area (TPSA) is 34.1 Å². The molecule has 1 aromatic rings. The van der Waals surface area contributed by atoms with Crippen LogP contribution < -0.4 is 0 Å². The summed E-state index contributed by atoms with van der Waals surface area (Å²) < 4.78 is 23.6. The Morgan fingerprint density at radius 2 is 1.77 bits per heavy atom. The first kappa shape index (κ1) is 8.75. The van der Waals surface area contributed by atoms with Crippen molar-refractivity contribution in [1.29, 1.82) is 0 Å². The van der Waals surface area contributed by atoms with Gasteiger partial charge in [0, 0.05) is 0 Å². The molecule has 2 nitrogen and oxygen atoms in total. The summed E-state index contributed by atoms with van der Waals surface area (Å²) in [6, 6.07) is 8.69. The van der Waals surface area contributed by atoms with Crippen molar-refractivity contribution in [2.24, 2.45) is 5.92 Å². The highest BCUT2D eigenvalue weighted by molar-refractivity contribution is 7.92. The Kier molecular flexibility index (Phi) is 1.91. The van der Waals surface area contributed by atoms with Crippen LogP contribution in [0.2, 0.25) is 0 Å². The summed E-state index contributed by atoms with van der Waals surface area (Å²) in [6.45, 7) is 1.98. The minimum absolute atomic E-state index is 0.130. The molecule has 0 heterocycles. The second-order valence-electron chi connectivity index (χ2n) is 3.61. The van der Waals surface area contributed by atoms with E-state index in [9.17, 15) is 8.42 Å². The lowest BCUT2D eigenvalue weighted by Gasteiger charge is -2.01. The zero-order chi connectivity index (χ0) is 9.47. The van der Waals surface area contributed by atoms with Crippen molar-refractivity contribution in [1.82, 2.24) is 0 Å². The first-order valence-corrected chi connectivity index (χ1v) is 5.96. The molecule has 0 aromatic heterocycles. The molecule has 2 atom stereocenters. The fraction of sp³-hybridized carbons (Fsp3) is 0.400. The Labute approximate surface area is 78.5 Å². The van der Waals surface area contributed by atoms with E-state index >= 15 is 0 Å². The molecule has 0 radical (unpaired) electrons. The predicted octanol–water partition coefficient (Wildman–Crippen LogP) is 1.87. The molecule has 1 aromatic carbocycles. The minimum atomic E-state index is -3.01. The third kappa shape index (κ3) is 1.48. The minimum Gasteiger partial charge on any atom is -0.223 e. The van der Waals surface area contributed by atoms with Gasteiger partial charge in [0.25, 0.3) is 0 Å². The van der Waals surface area contributed by atoms with Gasteiger partial charge in [-0.15, -0.1) is 0 Å². The molecule has 1 aliphatic carbocycles. The van der Waals surface area contributed by atoms with Gasteiger partial charge >= 0.3 is 0 Å². The van der Waals surface area contributed by atoms with Gasteiger partial charge in [0.15, 0.2) is 9.84 Å². The Morgan fingerprint density at radius 3 is 2.23 bits per heavy atom. The van der Waals surface area contributed by atoms with Gasteiger partial charge in [-0.1, -0.05) is 25.1 Å². The summed E-state index contributed by atoms with van der Waals surface area (Å²) in [5, 5.41) is -0.130. The third-order valence-electron chi connectivity index (χ3n) is 2.51. The van der Waals surface area contributed by atoms with Gasteiger partial charge in [-0.2, -0.15) is 0 Å². The highest BCUT2D eigenvalue weighted by Crippen LogP contribution is 2.39. The van der Waals surface area contributed by atoms with Gasteiger partial charge < -0.3 is 0 Å². The number of rotatable bonds is 2. The van der Waals surface area contributed by atoms with E-state index in [2.05, 4.69) is 0 Å². The van der Waals surface area contributed by atoms with E-state index in [0.29, 0.717) is 10.8 Å². The average Bonchev–Trinajstić information content (AvgIpc) is 2.85. The normalized spacial score (nSPS) is 27.2. The molecule has 3 heteroatoms. The Balaban J connectivity index is 2.36. The zero-order valence-corrected chi connectivity index (χ0v) is 8.29. The number of sulfone groups is 1. The average molecular weight is 196 g/mol. The summed E-state index contributed by atoms with van der Waals surface area (Å²) in [5.41, 5.74) is 0. The molecule has 0 bridgehead atoms. The van der Waals surface area contributed by atoms with Gasteiger partial charge in [0.1, 0.15) is 0 Å². The molecule has 1 saturated carbocycles. The van der Waals surface area contributed by atoms with Crippen molar-refractivity contribution in [2.45, 2.75) is 23.5 Å². The maximum atomic E-state index is 11.8. The van der Waals surface area contributed by atoms with Crippen LogP contribution >= 0.6 is 0 Å². The van der Waals surface area contributed by atoms with Crippen LogP contribution in [0.3, 0.4) is 0 Å². The SMILES string of the molecule is C[C@@H]1C[C@@H]1S(=O)(=O)c1ccccc1. The second-order valence-corrected chi connectivity index (χ2v) is 5.78. The van der Waals surface area contributed by atoms with Crippen LogP contribution in [0.4, 0.5) is 0 Å². The predicted molar refractivity (Wildman–Crippen MR) is 51.2 cm³/mol. The smallest absolute Gasteiger partial charge is 0.181 e. The summed E-state index contributed by atoms with van der Waals surface area (Å²) >= 11 is 0. The first-order chi connectivity index (χ1) is 6.12. The van der Waals surface area contributed by atoms with Crippen LogP contribution in [0, 0.1) is 5.92 Å². The standard InChI is InChI=1S/C10H12O2S/c1-8-7-10(8)13(11,12)9-5-3-2-4-6-9/h2-6,8,10H,7H2,1H3/t8-,10+/m1/s1. The molecule has 0 saturated heterocycles. The van der Waals surface area contributed by atoms with Crippen LogP contribution in [0.5, 0.6) is 0 Å². The molecule has 2 rings (SSSR count). The lowest BCUT2D eigenvalue weighted by atomic mass is 10.4. The third-order valence-corrected chi connectivity index (χ3v) is 4.89. The maximum absolute atomic E-state index is 11.8. The van der Waals surface area contributed by atoms with Gasteiger partial charge in [0.2, 0.25) is 0 Å². The lowest BCUT2D eigenvalue weighted by Crippen LogP contribution is -2.08. The second kappa shape index (κ2) is 2.84. The van der Waals surface area contributed by atoms with Crippen LogP contribution in [-0.4, -0.2) is 13.7 Å². The van der Waals surface area contributed by atoms with Crippen molar-refractivity contribution in [2.75, 3.05) is 0 Å². The van der Waals surface area contributed by atoms with Crippen LogP contribution in [0.1, 0.15) is 13.3 Å². The summed E-state index contributed by atoms with van der Waals surface area (Å²) in [4.78, 5) is 0.462. The highest BCUT2D eigenvalue weighted by atomic mass is 32.2. The molecule has 1 fully saturated rings. The van der Waals surface area contributed by atoms with E-state index in [1.807, 2.05) is 13.0 Å². The van der Waals surface area contributed by atoms with Crippen LogP contribution in [0.25, 0.3) is 0 Å². The monoisotopic (exact) mass is 196 g/mol. The molecular weight excluding hydrogens is 184 g/mol. The molecule has 0 spiro atoms. The van der Waals surface area contributed by atoms with Crippen LogP contribution in [-0.2, 0) is 9.84 Å².